The van der Waals surface area contributed by atoms with E-state index in [-0.39, 0.29) is 11.7 Å². The molecule has 1 fully saturated rings. The molecule has 5 atom stereocenters. The minimum Gasteiger partial charge on any atom is -0.462 e. The average Bonchev–Trinajstić information content (AvgIpc) is 2.73. The van der Waals surface area contributed by atoms with Crippen LogP contribution < -0.4 is 4.74 Å². The van der Waals surface area contributed by atoms with Crippen LogP contribution in [0.15, 0.2) is 48.5 Å². The van der Waals surface area contributed by atoms with Crippen molar-refractivity contribution in [1.82, 2.24) is 4.90 Å². The second-order valence-electron chi connectivity index (χ2n) is 7.39. The van der Waals surface area contributed by atoms with Gasteiger partial charge in [-0.1, -0.05) is 24.3 Å². The molecule has 5 N–H and O–H groups in total. The number of hydrogen-bond donors (Lipinski definition) is 5. The molecule has 2 aromatic carbocycles. The zero-order valence-electron chi connectivity index (χ0n) is 16.1. The molecular weight excluding hydrogens is 378 g/mol. The molecule has 0 aliphatic heterocycles. The van der Waals surface area contributed by atoms with Crippen LogP contribution in [0.3, 0.4) is 0 Å². The molecule has 1 aliphatic rings. The van der Waals surface area contributed by atoms with Crippen LogP contribution in [0.25, 0.3) is 11.1 Å². The molecule has 0 heterocycles. The highest BCUT2D eigenvalue weighted by molar-refractivity contribution is 5.95. The van der Waals surface area contributed by atoms with E-state index in [4.69, 9.17) is 4.74 Å². The van der Waals surface area contributed by atoms with Gasteiger partial charge in [-0.05, 0) is 35.4 Å². The van der Waals surface area contributed by atoms with E-state index in [1.807, 2.05) is 6.07 Å². The minimum atomic E-state index is -2.17. The lowest BCUT2D eigenvalue weighted by Gasteiger charge is -2.53. The number of carbonyl (C=O) groups excluding carboxylic acids is 1. The fourth-order valence-electron chi connectivity index (χ4n) is 3.49. The normalized spacial score (nSPS) is 27.1. The molecule has 29 heavy (non-hydrogen) atoms. The highest BCUT2D eigenvalue weighted by Gasteiger charge is 2.65. The van der Waals surface area contributed by atoms with Gasteiger partial charge < -0.3 is 35.2 Å². The first-order chi connectivity index (χ1) is 13.7. The van der Waals surface area contributed by atoms with Crippen LogP contribution in [-0.2, 0) is 0 Å². The molecule has 0 radical (unpaired) electrons. The monoisotopic (exact) mass is 403 g/mol. The average molecular weight is 403 g/mol. The molecule has 0 saturated heterocycles. The fourth-order valence-corrected chi connectivity index (χ4v) is 3.49. The lowest BCUT2D eigenvalue weighted by Crippen LogP contribution is -2.76. The summed E-state index contributed by atoms with van der Waals surface area (Å²) in [5, 5.41) is 49.3. The third-order valence-corrected chi connectivity index (χ3v) is 5.35. The van der Waals surface area contributed by atoms with Gasteiger partial charge in [0.1, 0.15) is 11.9 Å². The van der Waals surface area contributed by atoms with Gasteiger partial charge in [-0.3, -0.25) is 4.79 Å². The SMILES string of the molecule is CN(C)C(=O)c1cccc(-c2ccc(OC(O)C3(O)C(O)C(O)C3CO)cc2)c1. The lowest BCUT2D eigenvalue weighted by atomic mass is 9.64. The van der Waals surface area contributed by atoms with Crippen LogP contribution in [0.1, 0.15) is 10.4 Å². The third kappa shape index (κ3) is 3.73. The molecule has 156 valence electrons. The Hall–Kier alpha value is -2.49. The quantitative estimate of drug-likeness (QED) is 0.423. The molecule has 1 saturated carbocycles. The van der Waals surface area contributed by atoms with Gasteiger partial charge in [-0.25, -0.2) is 0 Å². The van der Waals surface area contributed by atoms with Crippen LogP contribution in [0.2, 0.25) is 0 Å². The Kier molecular flexibility index (Phi) is 5.92. The number of ether oxygens (including phenoxy) is 1. The molecule has 8 nitrogen and oxygen atoms in total. The summed E-state index contributed by atoms with van der Waals surface area (Å²) < 4.78 is 5.32. The largest absolute Gasteiger partial charge is 0.462 e. The Bertz CT molecular complexity index is 870. The first kappa shape index (κ1) is 21.2. The number of rotatable bonds is 6. The predicted molar refractivity (Wildman–Crippen MR) is 104 cm³/mol. The number of hydrogen-bond acceptors (Lipinski definition) is 7. The standard InChI is InChI=1S/C21H25NO7/c1-22(2)19(26)14-5-3-4-13(10-14)12-6-8-15(9-7-12)29-20(27)21(28)16(11-23)17(24)18(21)25/h3-10,16-18,20,23-25,27-28H,11H2,1-2H3. The summed E-state index contributed by atoms with van der Waals surface area (Å²) in [6.07, 6.45) is -4.82. The van der Waals surface area contributed by atoms with Crippen molar-refractivity contribution < 1.29 is 35.1 Å². The van der Waals surface area contributed by atoms with Crippen molar-refractivity contribution in [2.75, 3.05) is 20.7 Å². The maximum atomic E-state index is 12.1. The molecule has 5 unspecified atom stereocenters. The van der Waals surface area contributed by atoms with E-state index in [1.165, 1.54) is 4.90 Å². The predicted octanol–water partition coefficient (Wildman–Crippen LogP) is -0.172. The second kappa shape index (κ2) is 8.10. The van der Waals surface area contributed by atoms with E-state index in [0.29, 0.717) is 5.56 Å². The summed E-state index contributed by atoms with van der Waals surface area (Å²) in [5.74, 6) is -1.01. The van der Waals surface area contributed by atoms with E-state index in [9.17, 15) is 30.3 Å². The van der Waals surface area contributed by atoms with Crippen molar-refractivity contribution in [2.45, 2.75) is 24.1 Å². The third-order valence-electron chi connectivity index (χ3n) is 5.35. The van der Waals surface area contributed by atoms with Crippen LogP contribution in [0.4, 0.5) is 0 Å². The lowest BCUT2D eigenvalue weighted by molar-refractivity contribution is -0.332. The van der Waals surface area contributed by atoms with E-state index >= 15 is 0 Å². The summed E-state index contributed by atoms with van der Waals surface area (Å²) in [6, 6.07) is 13.7. The highest BCUT2D eigenvalue weighted by Crippen LogP contribution is 2.42. The van der Waals surface area contributed by atoms with Crippen molar-refractivity contribution in [2.24, 2.45) is 5.92 Å². The van der Waals surface area contributed by atoms with Crippen molar-refractivity contribution in [3.63, 3.8) is 0 Å². The molecule has 1 aliphatic carbocycles. The summed E-state index contributed by atoms with van der Waals surface area (Å²) in [6.45, 7) is -0.615. The topological polar surface area (TPSA) is 131 Å². The Morgan fingerprint density at radius 3 is 2.38 bits per heavy atom. The van der Waals surface area contributed by atoms with E-state index in [0.717, 1.165) is 11.1 Å². The van der Waals surface area contributed by atoms with Crippen LogP contribution in [0.5, 0.6) is 5.75 Å². The van der Waals surface area contributed by atoms with Gasteiger partial charge in [-0.15, -0.1) is 0 Å². The summed E-state index contributed by atoms with van der Waals surface area (Å²) in [4.78, 5) is 13.6. The molecule has 1 amide bonds. The molecule has 3 rings (SSSR count). The zero-order chi connectivity index (χ0) is 21.3. The first-order valence-electron chi connectivity index (χ1n) is 9.16. The number of aliphatic hydroxyl groups excluding tert-OH is 4. The maximum Gasteiger partial charge on any atom is 0.253 e. The number of amides is 1. The molecule has 8 heteroatoms. The number of carbonyl (C=O) groups is 1. The summed E-state index contributed by atoms with van der Waals surface area (Å²) in [7, 11) is 3.36. The van der Waals surface area contributed by atoms with Gasteiger partial charge in [0.2, 0.25) is 6.29 Å². The second-order valence-corrected chi connectivity index (χ2v) is 7.39. The molecule has 0 bridgehead atoms. The highest BCUT2D eigenvalue weighted by atomic mass is 16.6. The van der Waals surface area contributed by atoms with Crippen molar-refractivity contribution in [1.29, 1.82) is 0 Å². The van der Waals surface area contributed by atoms with Gasteiger partial charge in [-0.2, -0.15) is 0 Å². The van der Waals surface area contributed by atoms with E-state index in [2.05, 4.69) is 0 Å². The van der Waals surface area contributed by atoms with Gasteiger partial charge in [0.25, 0.3) is 5.91 Å². The van der Waals surface area contributed by atoms with Gasteiger partial charge >= 0.3 is 0 Å². The molecule has 2 aromatic rings. The van der Waals surface area contributed by atoms with Crippen LogP contribution in [0, 0.1) is 5.92 Å². The van der Waals surface area contributed by atoms with Crippen LogP contribution >= 0.6 is 0 Å². The van der Waals surface area contributed by atoms with E-state index in [1.54, 1.807) is 56.6 Å². The van der Waals surface area contributed by atoms with Gasteiger partial charge in [0.05, 0.1) is 12.7 Å². The Morgan fingerprint density at radius 1 is 1.14 bits per heavy atom. The molecule has 0 spiro atoms. The minimum absolute atomic E-state index is 0.108. The maximum absolute atomic E-state index is 12.1. The Labute approximate surface area is 168 Å². The number of benzene rings is 2. The fraction of sp³-hybridized carbons (Fsp3) is 0.381. The van der Waals surface area contributed by atoms with Gasteiger partial charge in [0.15, 0.2) is 5.60 Å². The Balaban J connectivity index is 1.74. The molecular formula is C21H25NO7. The zero-order valence-corrected chi connectivity index (χ0v) is 16.1. The van der Waals surface area contributed by atoms with Crippen molar-refractivity contribution in [3.05, 3.63) is 54.1 Å². The van der Waals surface area contributed by atoms with Gasteiger partial charge in [0, 0.05) is 25.6 Å². The number of aliphatic hydroxyl groups is 5. The van der Waals surface area contributed by atoms with Crippen molar-refractivity contribution >= 4 is 5.91 Å². The van der Waals surface area contributed by atoms with E-state index < -0.39 is 36.6 Å². The van der Waals surface area contributed by atoms with Crippen LogP contribution in [-0.4, -0.2) is 81.1 Å². The summed E-state index contributed by atoms with van der Waals surface area (Å²) >= 11 is 0. The first-order valence-corrected chi connectivity index (χ1v) is 9.16. The summed E-state index contributed by atoms with van der Waals surface area (Å²) in [5.41, 5.74) is 0.0129. The molecule has 0 aromatic heterocycles. The van der Waals surface area contributed by atoms with Crippen molar-refractivity contribution in [3.8, 4) is 16.9 Å². The Morgan fingerprint density at radius 2 is 1.79 bits per heavy atom. The smallest absolute Gasteiger partial charge is 0.253 e. The number of nitrogens with zero attached hydrogens (tertiary/aromatic N) is 1.